The monoisotopic (exact) mass is 443 g/mol. The summed E-state index contributed by atoms with van der Waals surface area (Å²) >= 11 is 2.14. The molecule has 1 saturated heterocycles. The van der Waals surface area contributed by atoms with Crippen LogP contribution >= 0.6 is 23.1 Å². The highest BCUT2D eigenvalue weighted by Crippen LogP contribution is 2.24. The molecule has 1 aliphatic heterocycles. The van der Waals surface area contributed by atoms with Gasteiger partial charge in [-0.05, 0) is 24.2 Å². The standard InChI is InChI=1S/C17H25N5O5S2/c1-13(23)28-10-4-2-3-5-15(25)21-8-6-20(7-9-21)12-14(24)19-17-18-11-16(29-17)22(26)27/h11H,2-10,12H2,1H3,(H,18,19,24). The molecule has 0 spiro atoms. The lowest BCUT2D eigenvalue weighted by Crippen LogP contribution is -2.50. The van der Waals surface area contributed by atoms with Crippen LogP contribution in [-0.4, -0.2) is 75.1 Å². The van der Waals surface area contributed by atoms with E-state index in [1.165, 1.54) is 11.8 Å². The maximum atomic E-state index is 12.3. The molecule has 0 aliphatic carbocycles. The largest absolute Gasteiger partial charge is 0.345 e. The van der Waals surface area contributed by atoms with E-state index in [4.69, 9.17) is 0 Å². The number of anilines is 1. The van der Waals surface area contributed by atoms with E-state index >= 15 is 0 Å². The smallest absolute Gasteiger partial charge is 0.340 e. The van der Waals surface area contributed by atoms with Crippen LogP contribution in [0.4, 0.5) is 10.1 Å². The number of thiazole rings is 1. The molecule has 1 fully saturated rings. The van der Waals surface area contributed by atoms with Crippen molar-refractivity contribution in [2.24, 2.45) is 0 Å². The van der Waals surface area contributed by atoms with Crippen LogP contribution in [0.25, 0.3) is 0 Å². The third-order valence-corrected chi connectivity index (χ3v) is 6.12. The Morgan fingerprint density at radius 1 is 1.24 bits per heavy atom. The van der Waals surface area contributed by atoms with Gasteiger partial charge in [0.25, 0.3) is 0 Å². The Morgan fingerprint density at radius 2 is 1.97 bits per heavy atom. The second kappa shape index (κ2) is 11.8. The SMILES string of the molecule is CC(=O)SCCCCCC(=O)N1CCN(CC(=O)Nc2ncc([N+](=O)[O-])s2)CC1. The lowest BCUT2D eigenvalue weighted by Gasteiger charge is -2.34. The Kier molecular flexibility index (Phi) is 9.48. The van der Waals surface area contributed by atoms with Gasteiger partial charge in [-0.3, -0.25) is 29.4 Å². The lowest BCUT2D eigenvalue weighted by atomic mass is 10.2. The lowest BCUT2D eigenvalue weighted by molar-refractivity contribution is -0.380. The third-order valence-electron chi connectivity index (χ3n) is 4.35. The van der Waals surface area contributed by atoms with E-state index in [1.54, 1.807) is 6.92 Å². The van der Waals surface area contributed by atoms with Gasteiger partial charge < -0.3 is 10.2 Å². The molecule has 10 nitrogen and oxygen atoms in total. The van der Waals surface area contributed by atoms with Crippen LogP contribution in [0.15, 0.2) is 6.20 Å². The summed E-state index contributed by atoms with van der Waals surface area (Å²) < 4.78 is 0. The van der Waals surface area contributed by atoms with Crippen molar-refractivity contribution < 1.29 is 19.3 Å². The molecule has 0 unspecified atom stereocenters. The van der Waals surface area contributed by atoms with Gasteiger partial charge in [-0.25, -0.2) is 4.98 Å². The summed E-state index contributed by atoms with van der Waals surface area (Å²) in [5, 5.41) is 13.4. The number of nitrogens with one attached hydrogen (secondary N) is 1. The Labute approximate surface area is 177 Å². The molecule has 1 aromatic heterocycles. The summed E-state index contributed by atoms with van der Waals surface area (Å²) in [7, 11) is 0. The van der Waals surface area contributed by atoms with Gasteiger partial charge in [-0.1, -0.05) is 18.2 Å². The third kappa shape index (κ3) is 8.46. The number of piperazine rings is 1. The zero-order chi connectivity index (χ0) is 21.2. The van der Waals surface area contributed by atoms with Crippen molar-refractivity contribution in [2.75, 3.05) is 43.8 Å². The van der Waals surface area contributed by atoms with Crippen LogP contribution in [0.3, 0.4) is 0 Å². The van der Waals surface area contributed by atoms with Crippen LogP contribution in [0.5, 0.6) is 0 Å². The van der Waals surface area contributed by atoms with Crippen molar-refractivity contribution in [3.8, 4) is 0 Å². The van der Waals surface area contributed by atoms with Crippen LogP contribution in [0.1, 0.15) is 32.6 Å². The number of carbonyl (C=O) groups is 3. The van der Waals surface area contributed by atoms with Crippen molar-refractivity contribution in [1.82, 2.24) is 14.8 Å². The molecule has 29 heavy (non-hydrogen) atoms. The van der Waals surface area contributed by atoms with Crippen LogP contribution in [0.2, 0.25) is 0 Å². The first kappa shape index (κ1) is 23.2. The second-order valence-electron chi connectivity index (χ2n) is 6.62. The molecule has 0 atom stereocenters. The maximum Gasteiger partial charge on any atom is 0.345 e. The maximum absolute atomic E-state index is 12.3. The zero-order valence-electron chi connectivity index (χ0n) is 16.3. The van der Waals surface area contributed by atoms with E-state index in [9.17, 15) is 24.5 Å². The zero-order valence-corrected chi connectivity index (χ0v) is 17.9. The second-order valence-corrected chi connectivity index (χ2v) is 8.90. The Balaban J connectivity index is 1.61. The van der Waals surface area contributed by atoms with E-state index in [0.29, 0.717) is 32.6 Å². The minimum Gasteiger partial charge on any atom is -0.340 e. The number of carbonyl (C=O) groups excluding carboxylic acids is 3. The molecular weight excluding hydrogens is 418 g/mol. The van der Waals surface area contributed by atoms with Gasteiger partial charge in [-0.15, -0.1) is 0 Å². The molecule has 2 amide bonds. The number of thioether (sulfide) groups is 1. The van der Waals surface area contributed by atoms with Crippen LogP contribution in [0, 0.1) is 10.1 Å². The van der Waals surface area contributed by atoms with Gasteiger partial charge in [0, 0.05) is 45.3 Å². The number of nitrogens with zero attached hydrogens (tertiary/aromatic N) is 4. The number of hydrogen-bond acceptors (Lipinski definition) is 9. The number of unbranched alkanes of at least 4 members (excludes halogenated alkanes) is 2. The topological polar surface area (TPSA) is 126 Å². The van der Waals surface area contributed by atoms with Crippen molar-refractivity contribution in [3.63, 3.8) is 0 Å². The first-order valence-corrected chi connectivity index (χ1v) is 11.2. The minimum atomic E-state index is -0.547. The number of nitro groups is 1. The van der Waals surface area contributed by atoms with Gasteiger partial charge >= 0.3 is 5.00 Å². The van der Waals surface area contributed by atoms with Crippen molar-refractivity contribution in [2.45, 2.75) is 32.6 Å². The summed E-state index contributed by atoms with van der Waals surface area (Å²) in [5.74, 6) is 0.652. The molecule has 0 bridgehead atoms. The normalized spacial score (nSPS) is 14.6. The predicted molar refractivity (Wildman–Crippen MR) is 112 cm³/mol. The first-order valence-electron chi connectivity index (χ1n) is 9.38. The van der Waals surface area contributed by atoms with E-state index in [-0.39, 0.29) is 33.6 Å². The van der Waals surface area contributed by atoms with Gasteiger partial charge in [-0.2, -0.15) is 0 Å². The van der Waals surface area contributed by atoms with E-state index in [0.717, 1.165) is 42.5 Å². The molecule has 2 rings (SSSR count). The summed E-state index contributed by atoms with van der Waals surface area (Å²) in [6.07, 6.45) is 4.31. The van der Waals surface area contributed by atoms with Crippen molar-refractivity contribution in [1.29, 1.82) is 0 Å². The fourth-order valence-electron chi connectivity index (χ4n) is 2.85. The van der Waals surface area contributed by atoms with E-state index < -0.39 is 4.92 Å². The number of hydrogen-bond donors (Lipinski definition) is 1. The van der Waals surface area contributed by atoms with Gasteiger partial charge in [0.1, 0.15) is 6.20 Å². The molecule has 1 N–H and O–H groups in total. The fourth-order valence-corrected chi connectivity index (χ4v) is 4.14. The summed E-state index contributed by atoms with van der Waals surface area (Å²) in [5.41, 5.74) is 0. The van der Waals surface area contributed by atoms with Crippen molar-refractivity contribution >= 4 is 50.2 Å². The fraction of sp³-hybridized carbons (Fsp3) is 0.647. The van der Waals surface area contributed by atoms with Gasteiger partial charge in [0.15, 0.2) is 10.2 Å². The van der Waals surface area contributed by atoms with E-state index in [2.05, 4.69) is 10.3 Å². The molecule has 0 aromatic carbocycles. The predicted octanol–water partition coefficient (Wildman–Crippen LogP) is 1.97. The summed E-state index contributed by atoms with van der Waals surface area (Å²) in [4.78, 5) is 52.9. The molecule has 1 aromatic rings. The molecule has 160 valence electrons. The highest BCUT2D eigenvalue weighted by atomic mass is 32.2. The Morgan fingerprint density at radius 3 is 2.59 bits per heavy atom. The van der Waals surface area contributed by atoms with Crippen LogP contribution in [-0.2, 0) is 14.4 Å². The first-order chi connectivity index (χ1) is 13.8. The van der Waals surface area contributed by atoms with Crippen LogP contribution < -0.4 is 5.32 Å². The molecular formula is C17H25N5O5S2. The molecule has 0 radical (unpaired) electrons. The average Bonchev–Trinajstić information content (AvgIpc) is 3.13. The highest BCUT2D eigenvalue weighted by Gasteiger charge is 2.22. The molecule has 12 heteroatoms. The molecule has 1 aliphatic rings. The highest BCUT2D eigenvalue weighted by molar-refractivity contribution is 8.13. The molecule has 0 saturated carbocycles. The minimum absolute atomic E-state index is 0.120. The van der Waals surface area contributed by atoms with Crippen molar-refractivity contribution in [3.05, 3.63) is 16.3 Å². The Bertz CT molecular complexity index is 734. The average molecular weight is 444 g/mol. The number of amides is 2. The Hall–Kier alpha value is -2.05. The van der Waals surface area contributed by atoms with Gasteiger partial charge in [0.2, 0.25) is 11.8 Å². The quantitative estimate of drug-likeness (QED) is 0.330. The number of aromatic nitrogens is 1. The van der Waals surface area contributed by atoms with E-state index in [1.807, 2.05) is 9.80 Å². The number of rotatable bonds is 10. The summed E-state index contributed by atoms with van der Waals surface area (Å²) in [6.45, 7) is 4.08. The molecule has 2 heterocycles. The van der Waals surface area contributed by atoms with Gasteiger partial charge in [0.05, 0.1) is 11.5 Å². The summed E-state index contributed by atoms with van der Waals surface area (Å²) in [6, 6.07) is 0.